The average molecular weight is 291 g/mol. The molecule has 102 valence electrons. The Balaban J connectivity index is 2.96. The molecule has 1 rings (SSSR count). The molecule has 0 spiro atoms. The van der Waals surface area contributed by atoms with Gasteiger partial charge in [-0.05, 0) is 30.5 Å². The molecule has 0 radical (unpaired) electrons. The van der Waals surface area contributed by atoms with Crippen LogP contribution < -0.4 is 4.74 Å². The summed E-state index contributed by atoms with van der Waals surface area (Å²) < 4.78 is 28.5. The van der Waals surface area contributed by atoms with Gasteiger partial charge in [0.05, 0.1) is 6.61 Å². The van der Waals surface area contributed by atoms with Crippen LogP contribution in [0.25, 0.3) is 0 Å². The molecule has 18 heavy (non-hydrogen) atoms. The van der Waals surface area contributed by atoms with E-state index in [2.05, 4.69) is 13.8 Å². The van der Waals surface area contributed by atoms with Crippen molar-refractivity contribution in [3.05, 3.63) is 23.8 Å². The van der Waals surface area contributed by atoms with E-state index >= 15 is 0 Å². The summed E-state index contributed by atoms with van der Waals surface area (Å²) in [5, 5.41) is 0. The van der Waals surface area contributed by atoms with Gasteiger partial charge in [-0.2, -0.15) is 0 Å². The highest BCUT2D eigenvalue weighted by Gasteiger charge is 2.17. The zero-order chi connectivity index (χ0) is 13.8. The minimum atomic E-state index is -3.77. The fourth-order valence-electron chi connectivity index (χ4n) is 1.66. The predicted molar refractivity (Wildman–Crippen MR) is 73.8 cm³/mol. The second kappa shape index (κ2) is 6.43. The van der Waals surface area contributed by atoms with Crippen molar-refractivity contribution in [1.82, 2.24) is 0 Å². The molecule has 1 aromatic carbocycles. The highest BCUT2D eigenvalue weighted by molar-refractivity contribution is 8.13. The minimum absolute atomic E-state index is 0.0510. The number of rotatable bonds is 6. The van der Waals surface area contributed by atoms with E-state index in [4.69, 9.17) is 15.4 Å². The van der Waals surface area contributed by atoms with Crippen molar-refractivity contribution < 1.29 is 13.2 Å². The van der Waals surface area contributed by atoms with Gasteiger partial charge in [-0.1, -0.05) is 32.8 Å². The third kappa shape index (κ3) is 4.18. The molecule has 5 heteroatoms. The third-order valence-electron chi connectivity index (χ3n) is 2.99. The fraction of sp³-hybridized carbons (Fsp3) is 0.538. The van der Waals surface area contributed by atoms with Gasteiger partial charge in [0.1, 0.15) is 10.6 Å². The van der Waals surface area contributed by atoms with Gasteiger partial charge in [-0.25, -0.2) is 8.42 Å². The molecule has 0 aromatic heterocycles. The van der Waals surface area contributed by atoms with Crippen LogP contribution in [-0.4, -0.2) is 15.0 Å². The molecule has 0 atom stereocenters. The second-order valence-corrected chi connectivity index (χ2v) is 6.92. The fourth-order valence-corrected chi connectivity index (χ4v) is 2.71. The lowest BCUT2D eigenvalue weighted by molar-refractivity contribution is 0.235. The van der Waals surface area contributed by atoms with Crippen LogP contribution in [0.5, 0.6) is 5.75 Å². The van der Waals surface area contributed by atoms with Crippen molar-refractivity contribution in [1.29, 1.82) is 0 Å². The first kappa shape index (κ1) is 15.3. The van der Waals surface area contributed by atoms with Crippen LogP contribution in [-0.2, 0) is 9.05 Å². The van der Waals surface area contributed by atoms with Gasteiger partial charge < -0.3 is 4.74 Å². The molecule has 3 nitrogen and oxygen atoms in total. The molecule has 0 amide bonds. The summed E-state index contributed by atoms with van der Waals surface area (Å²) in [6.07, 6.45) is 2.01. The number of ether oxygens (including phenoxy) is 1. The van der Waals surface area contributed by atoms with Crippen molar-refractivity contribution in [2.24, 2.45) is 5.92 Å². The Kier molecular flexibility index (Phi) is 5.47. The Hall–Kier alpha value is -0.740. The van der Waals surface area contributed by atoms with Crippen molar-refractivity contribution in [3.63, 3.8) is 0 Å². The van der Waals surface area contributed by atoms with Crippen molar-refractivity contribution >= 4 is 19.7 Å². The summed E-state index contributed by atoms with van der Waals surface area (Å²) in [5.41, 5.74) is 0.837. The van der Waals surface area contributed by atoms with E-state index in [9.17, 15) is 8.42 Å². The minimum Gasteiger partial charge on any atom is -0.492 e. The van der Waals surface area contributed by atoms with Gasteiger partial charge in [0.2, 0.25) is 0 Å². The Bertz CT molecular complexity index is 493. The molecule has 0 unspecified atom stereocenters. The summed E-state index contributed by atoms with van der Waals surface area (Å²) >= 11 is 0. The number of aryl methyl sites for hydroxylation is 1. The second-order valence-electron chi connectivity index (χ2n) is 4.38. The first-order valence-corrected chi connectivity index (χ1v) is 8.37. The third-order valence-corrected chi connectivity index (χ3v) is 4.33. The predicted octanol–water partition coefficient (Wildman–Crippen LogP) is 3.74. The van der Waals surface area contributed by atoms with Gasteiger partial charge in [0.15, 0.2) is 0 Å². The maximum absolute atomic E-state index is 11.5. The van der Waals surface area contributed by atoms with Gasteiger partial charge in [0, 0.05) is 10.7 Å². The zero-order valence-electron chi connectivity index (χ0n) is 10.9. The van der Waals surface area contributed by atoms with Crippen LogP contribution in [0.1, 0.15) is 32.3 Å². The molecule has 0 saturated carbocycles. The van der Waals surface area contributed by atoms with Crippen LogP contribution in [0.4, 0.5) is 0 Å². The summed E-state index contributed by atoms with van der Waals surface area (Å²) in [6.45, 7) is 6.50. The number of hydrogen-bond acceptors (Lipinski definition) is 3. The molecule has 0 saturated heterocycles. The lowest BCUT2D eigenvalue weighted by Crippen LogP contribution is -2.11. The molecule has 0 bridgehead atoms. The van der Waals surface area contributed by atoms with Gasteiger partial charge in [-0.15, -0.1) is 0 Å². The van der Waals surface area contributed by atoms with Crippen molar-refractivity contribution in [2.75, 3.05) is 6.61 Å². The SMILES string of the molecule is CCC(CC)COc1ccc(C)cc1S(=O)(=O)Cl. The molecule has 0 heterocycles. The standard InChI is InChI=1S/C13H19ClO3S/c1-4-11(5-2)9-17-12-7-6-10(3)8-13(12)18(14,15)16/h6-8,11H,4-5,9H2,1-3H3. The number of halogens is 1. The van der Waals surface area contributed by atoms with E-state index in [1.165, 1.54) is 6.07 Å². The van der Waals surface area contributed by atoms with E-state index in [0.29, 0.717) is 18.3 Å². The molecule has 0 aliphatic carbocycles. The molecule has 0 fully saturated rings. The lowest BCUT2D eigenvalue weighted by Gasteiger charge is -2.15. The Labute approximate surface area is 114 Å². The smallest absolute Gasteiger partial charge is 0.264 e. The number of hydrogen-bond donors (Lipinski definition) is 0. The maximum Gasteiger partial charge on any atom is 0.264 e. The highest BCUT2D eigenvalue weighted by atomic mass is 35.7. The lowest BCUT2D eigenvalue weighted by atomic mass is 10.1. The van der Waals surface area contributed by atoms with Crippen LogP contribution >= 0.6 is 10.7 Å². The quantitative estimate of drug-likeness (QED) is 0.750. The largest absolute Gasteiger partial charge is 0.492 e. The monoisotopic (exact) mass is 290 g/mol. The summed E-state index contributed by atoms with van der Waals surface area (Å²) in [5.74, 6) is 0.764. The summed E-state index contributed by atoms with van der Waals surface area (Å²) in [7, 11) is 1.64. The zero-order valence-corrected chi connectivity index (χ0v) is 12.5. The van der Waals surface area contributed by atoms with Gasteiger partial charge in [0.25, 0.3) is 9.05 Å². The van der Waals surface area contributed by atoms with Crippen LogP contribution in [0.15, 0.2) is 23.1 Å². The van der Waals surface area contributed by atoms with E-state index < -0.39 is 9.05 Å². The van der Waals surface area contributed by atoms with Crippen LogP contribution in [0.2, 0.25) is 0 Å². The van der Waals surface area contributed by atoms with Gasteiger partial charge in [-0.3, -0.25) is 0 Å². The van der Waals surface area contributed by atoms with E-state index in [1.54, 1.807) is 6.07 Å². The summed E-state index contributed by atoms with van der Waals surface area (Å²) in [4.78, 5) is 0.0510. The van der Waals surface area contributed by atoms with E-state index in [-0.39, 0.29) is 4.90 Å². The molecule has 0 aliphatic heterocycles. The van der Waals surface area contributed by atoms with Gasteiger partial charge >= 0.3 is 0 Å². The van der Waals surface area contributed by atoms with E-state index in [0.717, 1.165) is 18.4 Å². The van der Waals surface area contributed by atoms with Crippen molar-refractivity contribution in [2.45, 2.75) is 38.5 Å². The van der Waals surface area contributed by atoms with Crippen LogP contribution in [0, 0.1) is 12.8 Å². The molecular formula is C13H19ClO3S. The summed E-state index contributed by atoms with van der Waals surface area (Å²) in [6, 6.07) is 5.01. The Morgan fingerprint density at radius 2 is 1.89 bits per heavy atom. The van der Waals surface area contributed by atoms with Crippen LogP contribution in [0.3, 0.4) is 0 Å². The topological polar surface area (TPSA) is 43.4 Å². The Morgan fingerprint density at radius 3 is 2.39 bits per heavy atom. The molecule has 0 aliphatic rings. The van der Waals surface area contributed by atoms with E-state index in [1.807, 2.05) is 13.0 Å². The average Bonchev–Trinajstić information content (AvgIpc) is 2.30. The first-order chi connectivity index (χ1) is 8.38. The highest BCUT2D eigenvalue weighted by Crippen LogP contribution is 2.28. The first-order valence-electron chi connectivity index (χ1n) is 6.06. The maximum atomic E-state index is 11.5. The normalized spacial score (nSPS) is 11.8. The number of benzene rings is 1. The Morgan fingerprint density at radius 1 is 1.28 bits per heavy atom. The van der Waals surface area contributed by atoms with Crippen molar-refractivity contribution in [3.8, 4) is 5.75 Å². The molecular weight excluding hydrogens is 272 g/mol. The molecule has 1 aromatic rings. The molecule has 0 N–H and O–H groups in total.